The van der Waals surface area contributed by atoms with E-state index in [9.17, 15) is 14.4 Å². The highest BCUT2D eigenvalue weighted by molar-refractivity contribution is 7.18. The van der Waals surface area contributed by atoms with Crippen LogP contribution in [-0.2, 0) is 9.53 Å². The lowest BCUT2D eigenvalue weighted by Crippen LogP contribution is -2.19. The first-order chi connectivity index (χ1) is 7.58. The fourth-order valence-corrected chi connectivity index (χ4v) is 1.91. The fraction of sp³-hybridized carbons (Fsp3) is 0.125. The van der Waals surface area contributed by atoms with Crippen LogP contribution in [0.4, 0.5) is 15.5 Å². The van der Waals surface area contributed by atoms with E-state index >= 15 is 0 Å². The van der Waals surface area contributed by atoms with Crippen molar-refractivity contribution < 1.29 is 19.1 Å². The summed E-state index contributed by atoms with van der Waals surface area (Å²) in [6.07, 6.45) is 0.426. The average molecular weight is 243 g/mol. The van der Waals surface area contributed by atoms with Gasteiger partial charge in [0, 0.05) is 0 Å². The van der Waals surface area contributed by atoms with Crippen molar-refractivity contribution >= 4 is 40.4 Å². The summed E-state index contributed by atoms with van der Waals surface area (Å²) >= 11 is 0.953. The average Bonchev–Trinajstić information content (AvgIpc) is 2.60. The van der Waals surface area contributed by atoms with Crippen LogP contribution in [0, 0.1) is 0 Å². The van der Waals surface area contributed by atoms with Gasteiger partial charge >= 0.3 is 12.0 Å². The molecule has 0 aliphatic heterocycles. The Morgan fingerprint density at radius 2 is 2.25 bits per heavy atom. The maximum absolute atomic E-state index is 11.2. The Balaban J connectivity index is 3.03. The smallest absolute Gasteiger partial charge is 0.348 e. The number of carbonyl (C=O) groups is 3. The molecule has 4 N–H and O–H groups in total. The van der Waals surface area contributed by atoms with E-state index in [0.29, 0.717) is 12.1 Å². The maximum Gasteiger partial charge on any atom is 0.348 e. The Morgan fingerprint density at radius 1 is 1.56 bits per heavy atom. The number of rotatable bonds is 4. The molecule has 0 spiro atoms. The van der Waals surface area contributed by atoms with Gasteiger partial charge in [-0.3, -0.25) is 10.1 Å². The van der Waals surface area contributed by atoms with Crippen molar-refractivity contribution in [1.82, 2.24) is 0 Å². The minimum Gasteiger partial charge on any atom is -0.465 e. The van der Waals surface area contributed by atoms with Gasteiger partial charge in [0.1, 0.15) is 9.88 Å². The summed E-state index contributed by atoms with van der Waals surface area (Å²) in [6, 6.07) is 0.600. The molecular weight excluding hydrogens is 234 g/mol. The van der Waals surface area contributed by atoms with Gasteiger partial charge in [-0.2, -0.15) is 0 Å². The molecule has 0 fully saturated rings. The van der Waals surface area contributed by atoms with Crippen LogP contribution < -0.4 is 16.4 Å². The highest BCUT2D eigenvalue weighted by Crippen LogP contribution is 2.32. The Morgan fingerprint density at radius 3 is 2.75 bits per heavy atom. The lowest BCUT2D eigenvalue weighted by atomic mass is 10.4. The number of esters is 1. The molecule has 16 heavy (non-hydrogen) atoms. The number of thiophene rings is 1. The van der Waals surface area contributed by atoms with E-state index in [1.165, 1.54) is 13.2 Å². The van der Waals surface area contributed by atoms with Gasteiger partial charge in [0.05, 0.1) is 12.8 Å². The molecule has 0 aliphatic rings. The first-order valence-electron chi connectivity index (χ1n) is 4.07. The molecule has 1 aromatic heterocycles. The standard InChI is InChI=1S/C8H9N3O4S/c1-15-7(13)5-2-4(10-3-12)6(16-5)11-8(9)14/h2-3H,1H3,(H,10,12)(H3,9,11,14). The second-order valence-electron chi connectivity index (χ2n) is 2.60. The van der Waals surface area contributed by atoms with Crippen LogP contribution in [0.1, 0.15) is 9.67 Å². The first-order valence-corrected chi connectivity index (χ1v) is 4.89. The number of amides is 3. The highest BCUT2D eigenvalue weighted by Gasteiger charge is 2.15. The summed E-state index contributed by atoms with van der Waals surface area (Å²) in [5, 5.41) is 4.90. The number of carbonyl (C=O) groups excluding carboxylic acids is 3. The number of nitrogens with two attached hydrogens (primary N) is 1. The molecule has 0 atom stereocenters. The van der Waals surface area contributed by atoms with Crippen LogP contribution in [0.5, 0.6) is 0 Å². The predicted octanol–water partition coefficient (Wildman–Crippen LogP) is 0.594. The van der Waals surface area contributed by atoms with Crippen LogP contribution in [0.25, 0.3) is 0 Å². The maximum atomic E-state index is 11.2. The van der Waals surface area contributed by atoms with Gasteiger partial charge in [0.2, 0.25) is 6.41 Å². The molecule has 8 heteroatoms. The summed E-state index contributed by atoms with van der Waals surface area (Å²) < 4.78 is 4.50. The summed E-state index contributed by atoms with van der Waals surface area (Å²) in [5.41, 5.74) is 5.22. The Kier molecular flexibility index (Phi) is 3.84. The molecule has 86 valence electrons. The van der Waals surface area contributed by atoms with Gasteiger partial charge in [-0.25, -0.2) is 9.59 Å². The zero-order valence-corrected chi connectivity index (χ0v) is 9.09. The molecule has 0 saturated heterocycles. The zero-order valence-electron chi connectivity index (χ0n) is 8.27. The lowest BCUT2D eigenvalue weighted by molar-refractivity contribution is -0.105. The van der Waals surface area contributed by atoms with Crippen molar-refractivity contribution in [3.05, 3.63) is 10.9 Å². The summed E-state index contributed by atoms with van der Waals surface area (Å²) in [4.78, 5) is 32.4. The minimum absolute atomic E-state index is 0.246. The van der Waals surface area contributed by atoms with Crippen molar-refractivity contribution in [3.8, 4) is 0 Å². The van der Waals surface area contributed by atoms with Crippen molar-refractivity contribution in [1.29, 1.82) is 0 Å². The number of methoxy groups -OCH3 is 1. The van der Waals surface area contributed by atoms with Crippen LogP contribution in [0.2, 0.25) is 0 Å². The molecule has 1 heterocycles. The first kappa shape index (κ1) is 12.0. The number of primary amides is 1. The number of anilines is 2. The summed E-state index contributed by atoms with van der Waals surface area (Å²) in [7, 11) is 1.23. The molecule has 1 rings (SSSR count). The van der Waals surface area contributed by atoms with Gasteiger partial charge in [-0.15, -0.1) is 11.3 Å². The van der Waals surface area contributed by atoms with Gasteiger partial charge in [-0.05, 0) is 6.07 Å². The molecule has 7 nitrogen and oxygen atoms in total. The molecule has 1 aromatic rings. The number of hydrogen-bond acceptors (Lipinski definition) is 5. The number of nitrogens with one attached hydrogen (secondary N) is 2. The van der Waals surface area contributed by atoms with E-state index in [2.05, 4.69) is 15.4 Å². The van der Waals surface area contributed by atoms with Gasteiger partial charge in [0.15, 0.2) is 0 Å². The monoisotopic (exact) mass is 243 g/mol. The SMILES string of the molecule is COC(=O)c1cc(NC=O)c(NC(N)=O)s1. The molecule has 3 amide bonds. The van der Waals surface area contributed by atoms with E-state index in [1.807, 2.05) is 0 Å². The molecular formula is C8H9N3O4S. The molecule has 0 radical (unpaired) electrons. The number of urea groups is 1. The molecule has 0 aliphatic carbocycles. The zero-order chi connectivity index (χ0) is 12.1. The number of hydrogen-bond donors (Lipinski definition) is 3. The van der Waals surface area contributed by atoms with Gasteiger partial charge in [-0.1, -0.05) is 0 Å². The van der Waals surface area contributed by atoms with E-state index in [-0.39, 0.29) is 9.88 Å². The van der Waals surface area contributed by atoms with E-state index in [1.54, 1.807) is 0 Å². The Bertz CT molecular complexity index is 429. The van der Waals surface area contributed by atoms with Crippen LogP contribution >= 0.6 is 11.3 Å². The highest BCUT2D eigenvalue weighted by atomic mass is 32.1. The third-order valence-corrected chi connectivity index (χ3v) is 2.60. The molecule has 0 aromatic carbocycles. The fourth-order valence-electron chi connectivity index (χ4n) is 0.968. The largest absolute Gasteiger partial charge is 0.465 e. The quantitative estimate of drug-likeness (QED) is 0.531. The van der Waals surface area contributed by atoms with Crippen molar-refractivity contribution in [2.24, 2.45) is 5.73 Å². The molecule has 0 unspecified atom stereocenters. The number of ether oxygens (including phenoxy) is 1. The third-order valence-electron chi connectivity index (χ3n) is 1.57. The Labute approximate surface area is 94.6 Å². The molecule has 0 bridgehead atoms. The minimum atomic E-state index is -0.785. The van der Waals surface area contributed by atoms with Crippen LogP contribution in [-0.4, -0.2) is 25.5 Å². The normalized spacial score (nSPS) is 9.31. The van der Waals surface area contributed by atoms with Crippen molar-refractivity contribution in [2.45, 2.75) is 0 Å². The predicted molar refractivity (Wildman–Crippen MR) is 58.6 cm³/mol. The van der Waals surface area contributed by atoms with Crippen LogP contribution in [0.15, 0.2) is 6.07 Å². The summed E-state index contributed by atoms with van der Waals surface area (Å²) in [5.74, 6) is -0.559. The lowest BCUT2D eigenvalue weighted by Gasteiger charge is -2.00. The topological polar surface area (TPSA) is 111 Å². The van der Waals surface area contributed by atoms with Crippen molar-refractivity contribution in [2.75, 3.05) is 17.7 Å². The second kappa shape index (κ2) is 5.12. The van der Waals surface area contributed by atoms with Crippen molar-refractivity contribution in [3.63, 3.8) is 0 Å². The van der Waals surface area contributed by atoms with E-state index in [4.69, 9.17) is 5.73 Å². The Hall–Kier alpha value is -2.09. The van der Waals surface area contributed by atoms with E-state index in [0.717, 1.165) is 11.3 Å². The van der Waals surface area contributed by atoms with Gasteiger partial charge < -0.3 is 15.8 Å². The summed E-state index contributed by atoms with van der Waals surface area (Å²) in [6.45, 7) is 0. The molecule has 0 saturated carbocycles. The van der Waals surface area contributed by atoms with Gasteiger partial charge in [0.25, 0.3) is 0 Å². The van der Waals surface area contributed by atoms with E-state index < -0.39 is 12.0 Å². The third kappa shape index (κ3) is 2.70. The van der Waals surface area contributed by atoms with Crippen LogP contribution in [0.3, 0.4) is 0 Å². The second-order valence-corrected chi connectivity index (χ2v) is 3.65.